The lowest BCUT2D eigenvalue weighted by molar-refractivity contribution is -0.0424. The molecule has 0 saturated carbocycles. The Morgan fingerprint density at radius 2 is 1.38 bits per heavy atom. The summed E-state index contributed by atoms with van der Waals surface area (Å²) in [5.74, 6) is 0. The zero-order chi connectivity index (χ0) is 7.00. The highest BCUT2D eigenvalue weighted by Gasteiger charge is 2.35. The fourth-order valence-corrected chi connectivity index (χ4v) is 0. The molecule has 0 aromatic carbocycles. The number of alkyl halides is 3. The van der Waals surface area contributed by atoms with Crippen LogP contribution < -0.4 is 0 Å². The van der Waals surface area contributed by atoms with Crippen molar-refractivity contribution in [3.8, 4) is 0 Å². The second-order valence-electron chi connectivity index (χ2n) is 1.06. The predicted octanol–water partition coefficient (Wildman–Crippen LogP) is 0.713. The van der Waals surface area contributed by atoms with Gasteiger partial charge in [-0.1, -0.05) is 0 Å². The SMILES string of the molecule is [CH2-]S(=O)(=O)C(F)(F)F. The average molecular weight is 147 g/mol. The van der Waals surface area contributed by atoms with Crippen molar-refractivity contribution in [1.82, 2.24) is 0 Å². The molecule has 0 rings (SSSR count). The molecule has 0 aromatic heterocycles. The summed E-state index contributed by atoms with van der Waals surface area (Å²) >= 11 is 0. The minimum atomic E-state index is -5.20. The molecule has 0 saturated heterocycles. The molecular weight excluding hydrogens is 145 g/mol. The maximum absolute atomic E-state index is 10.9. The standard InChI is InChI=1S/C2H2F3O2S/c1-8(6,7)2(3,4)5/h1H2/q-1. The summed E-state index contributed by atoms with van der Waals surface area (Å²) in [5.41, 5.74) is -5.20. The molecule has 2 nitrogen and oxygen atoms in total. The molecule has 0 amide bonds. The van der Waals surface area contributed by atoms with Crippen LogP contribution in [0.4, 0.5) is 13.2 Å². The van der Waals surface area contributed by atoms with Crippen LogP contribution >= 0.6 is 0 Å². The first-order chi connectivity index (χ1) is 3.25. The second-order valence-corrected chi connectivity index (χ2v) is 2.75. The number of halogens is 3. The summed E-state index contributed by atoms with van der Waals surface area (Å²) in [6, 6.07) is 0. The van der Waals surface area contributed by atoms with Gasteiger partial charge in [0.05, 0.1) is 0 Å². The van der Waals surface area contributed by atoms with Gasteiger partial charge in [-0.3, -0.25) is 8.42 Å². The molecule has 0 radical (unpaired) electrons. The minimum Gasteiger partial charge on any atom is -0.254 e. The number of hydrogen-bond donors (Lipinski definition) is 0. The van der Waals surface area contributed by atoms with Gasteiger partial charge in [0.2, 0.25) is 0 Å². The highest BCUT2D eigenvalue weighted by atomic mass is 32.2. The van der Waals surface area contributed by atoms with E-state index in [1.165, 1.54) is 0 Å². The van der Waals surface area contributed by atoms with E-state index in [4.69, 9.17) is 0 Å². The highest BCUT2D eigenvalue weighted by molar-refractivity contribution is 7.93. The summed E-state index contributed by atoms with van der Waals surface area (Å²) < 4.78 is 51.6. The third-order valence-corrected chi connectivity index (χ3v) is 1.06. The Morgan fingerprint density at radius 1 is 1.25 bits per heavy atom. The Labute approximate surface area is 44.2 Å². The number of sulfone groups is 1. The second kappa shape index (κ2) is 1.61. The summed E-state index contributed by atoms with van der Waals surface area (Å²) in [6.45, 7) is 0. The quantitative estimate of drug-likeness (QED) is 0.473. The van der Waals surface area contributed by atoms with Crippen LogP contribution in [0.3, 0.4) is 0 Å². The van der Waals surface area contributed by atoms with Crippen LogP contribution in [0.15, 0.2) is 0 Å². The van der Waals surface area contributed by atoms with E-state index < -0.39 is 15.3 Å². The zero-order valence-corrected chi connectivity index (χ0v) is 4.38. The van der Waals surface area contributed by atoms with Crippen molar-refractivity contribution in [2.45, 2.75) is 5.51 Å². The lowest BCUT2D eigenvalue weighted by atomic mass is 11.6. The van der Waals surface area contributed by atoms with E-state index in [2.05, 4.69) is 0 Å². The largest absolute Gasteiger partial charge is 0.468 e. The van der Waals surface area contributed by atoms with Gasteiger partial charge >= 0.3 is 5.51 Å². The smallest absolute Gasteiger partial charge is 0.254 e. The Kier molecular flexibility index (Phi) is 1.56. The molecule has 6 heteroatoms. The number of hydrogen-bond acceptors (Lipinski definition) is 2. The molecule has 0 aliphatic heterocycles. The Balaban J connectivity index is 4.53. The van der Waals surface area contributed by atoms with Crippen molar-refractivity contribution in [3.63, 3.8) is 0 Å². The summed E-state index contributed by atoms with van der Waals surface area (Å²) in [4.78, 5) is 0. The molecule has 8 heavy (non-hydrogen) atoms. The van der Waals surface area contributed by atoms with Gasteiger partial charge in [0.25, 0.3) is 0 Å². The van der Waals surface area contributed by atoms with Crippen LogP contribution in [-0.2, 0) is 9.84 Å². The van der Waals surface area contributed by atoms with Crippen LogP contribution in [-0.4, -0.2) is 13.9 Å². The van der Waals surface area contributed by atoms with Crippen molar-refractivity contribution in [2.24, 2.45) is 0 Å². The first-order valence-electron chi connectivity index (χ1n) is 1.39. The lowest BCUT2D eigenvalue weighted by Gasteiger charge is -2.05. The van der Waals surface area contributed by atoms with Gasteiger partial charge in [0.1, 0.15) is 9.84 Å². The molecule has 0 aliphatic carbocycles. The van der Waals surface area contributed by atoms with Gasteiger partial charge in [-0.2, -0.15) is 13.2 Å². The Morgan fingerprint density at radius 3 is 1.38 bits per heavy atom. The van der Waals surface area contributed by atoms with Gasteiger partial charge in [-0.05, 0) is 0 Å². The van der Waals surface area contributed by atoms with E-state index >= 15 is 0 Å². The van der Waals surface area contributed by atoms with Crippen LogP contribution in [0.25, 0.3) is 0 Å². The minimum absolute atomic E-state index is 1.89. The Bertz CT molecular complexity index is 164. The van der Waals surface area contributed by atoms with E-state index in [1.807, 2.05) is 6.26 Å². The van der Waals surface area contributed by atoms with E-state index in [0.29, 0.717) is 0 Å². The molecule has 0 fully saturated rings. The lowest BCUT2D eigenvalue weighted by Crippen LogP contribution is -2.19. The van der Waals surface area contributed by atoms with Crippen molar-refractivity contribution in [1.29, 1.82) is 0 Å². The fourth-order valence-electron chi connectivity index (χ4n) is 0. The third-order valence-electron chi connectivity index (χ3n) is 0.353. The van der Waals surface area contributed by atoms with Crippen molar-refractivity contribution in [2.75, 3.05) is 0 Å². The molecule has 50 valence electrons. The summed E-state index contributed by atoms with van der Waals surface area (Å²) in [6.07, 6.45) is 1.89. The van der Waals surface area contributed by atoms with Crippen molar-refractivity contribution in [3.05, 3.63) is 6.26 Å². The molecule has 0 bridgehead atoms. The van der Waals surface area contributed by atoms with Gasteiger partial charge in [-0.25, -0.2) is 6.26 Å². The molecule has 0 unspecified atom stereocenters. The van der Waals surface area contributed by atoms with Crippen molar-refractivity contribution < 1.29 is 21.6 Å². The van der Waals surface area contributed by atoms with Crippen molar-refractivity contribution >= 4 is 9.84 Å². The molecule has 0 N–H and O–H groups in total. The normalized spacial score (nSPS) is 14.0. The summed E-state index contributed by atoms with van der Waals surface area (Å²) in [5, 5.41) is 0. The predicted molar refractivity (Wildman–Crippen MR) is 20.3 cm³/mol. The van der Waals surface area contributed by atoms with E-state index in [1.54, 1.807) is 0 Å². The average Bonchev–Trinajstić information content (AvgIpc) is 1.25. The summed E-state index contributed by atoms with van der Waals surface area (Å²) in [7, 11) is -5.09. The maximum Gasteiger partial charge on any atom is 0.468 e. The molecule has 0 heterocycles. The van der Waals surface area contributed by atoms with Gasteiger partial charge in [-0.15, -0.1) is 0 Å². The highest BCUT2D eigenvalue weighted by Crippen LogP contribution is 2.21. The van der Waals surface area contributed by atoms with E-state index in [0.717, 1.165) is 0 Å². The first kappa shape index (κ1) is 7.74. The van der Waals surface area contributed by atoms with Gasteiger partial charge < -0.3 is 0 Å². The van der Waals surface area contributed by atoms with E-state index in [9.17, 15) is 21.6 Å². The van der Waals surface area contributed by atoms with Crippen LogP contribution in [0, 0.1) is 6.26 Å². The zero-order valence-electron chi connectivity index (χ0n) is 3.57. The topological polar surface area (TPSA) is 34.1 Å². The molecular formula is C2H2F3O2S-. The fraction of sp³-hybridized carbons (Fsp3) is 0.500. The van der Waals surface area contributed by atoms with Crippen LogP contribution in [0.2, 0.25) is 0 Å². The third kappa shape index (κ3) is 1.69. The molecule has 0 aromatic rings. The maximum atomic E-state index is 10.9. The van der Waals surface area contributed by atoms with Crippen LogP contribution in [0.5, 0.6) is 0 Å². The molecule has 0 aliphatic rings. The van der Waals surface area contributed by atoms with Gasteiger partial charge in [0.15, 0.2) is 0 Å². The van der Waals surface area contributed by atoms with Gasteiger partial charge in [0, 0.05) is 0 Å². The molecule has 0 spiro atoms. The van der Waals surface area contributed by atoms with E-state index in [-0.39, 0.29) is 0 Å². The first-order valence-corrected chi connectivity index (χ1v) is 3.05. The monoisotopic (exact) mass is 147 g/mol. The molecule has 0 atom stereocenters. The van der Waals surface area contributed by atoms with Crippen LogP contribution in [0.1, 0.15) is 0 Å². The Hall–Kier alpha value is -0.260. The number of rotatable bonds is 0.